The van der Waals surface area contributed by atoms with Gasteiger partial charge in [-0.2, -0.15) is 0 Å². The predicted octanol–water partition coefficient (Wildman–Crippen LogP) is 6.04. The number of aromatic nitrogens is 2. The summed E-state index contributed by atoms with van der Waals surface area (Å²) in [6.45, 7) is 2.17. The maximum Gasteiger partial charge on any atom is 0.358 e. The van der Waals surface area contributed by atoms with Gasteiger partial charge in [-0.1, -0.05) is 52.6 Å². The third-order valence-electron chi connectivity index (χ3n) is 4.25. The van der Waals surface area contributed by atoms with E-state index in [1.54, 1.807) is 54.0 Å². The molecular formula is C21H18Cl3N3O3S. The van der Waals surface area contributed by atoms with Crippen LogP contribution in [0.3, 0.4) is 0 Å². The first kappa shape index (κ1) is 23.5. The first-order valence-corrected chi connectivity index (χ1v) is 11.5. The number of hydrogen-bond donors (Lipinski definition) is 1. The van der Waals surface area contributed by atoms with Crippen LogP contribution < -0.4 is 5.32 Å². The molecule has 6 nitrogen and oxygen atoms in total. The van der Waals surface area contributed by atoms with E-state index in [0.717, 1.165) is 5.56 Å². The maximum atomic E-state index is 12.8. The Morgan fingerprint density at radius 1 is 1.10 bits per heavy atom. The second-order valence-corrected chi connectivity index (χ2v) is 8.34. The smallest absolute Gasteiger partial charge is 0.358 e. The molecule has 3 aromatic rings. The number of ether oxygens (including phenoxy) is 1. The molecule has 162 valence electrons. The lowest BCUT2D eigenvalue weighted by atomic mass is 10.2. The lowest BCUT2D eigenvalue weighted by molar-refractivity contribution is 0.0514. The molecule has 0 aliphatic heterocycles. The number of anilines is 1. The lowest BCUT2D eigenvalue weighted by Crippen LogP contribution is -2.18. The largest absolute Gasteiger partial charge is 0.461 e. The van der Waals surface area contributed by atoms with Gasteiger partial charge in [0.1, 0.15) is 0 Å². The molecule has 0 bridgehead atoms. The van der Waals surface area contributed by atoms with Crippen LogP contribution >= 0.6 is 46.6 Å². The zero-order chi connectivity index (χ0) is 22.5. The molecule has 3 rings (SSSR count). The monoisotopic (exact) mass is 497 g/mol. The van der Waals surface area contributed by atoms with Crippen molar-refractivity contribution < 1.29 is 14.3 Å². The number of amides is 1. The minimum atomic E-state index is -0.596. The number of hydrogen-bond acceptors (Lipinski definition) is 5. The number of benzene rings is 2. The Labute approximate surface area is 198 Å². The average Bonchev–Trinajstić information content (AvgIpc) is 3.08. The number of carbonyl (C=O) groups is 2. The fourth-order valence-corrected chi connectivity index (χ4v) is 3.84. The van der Waals surface area contributed by atoms with Crippen molar-refractivity contribution in [2.45, 2.75) is 18.6 Å². The number of nitrogens with one attached hydrogen (secondary N) is 1. The molecule has 0 fully saturated rings. The van der Waals surface area contributed by atoms with Crippen molar-refractivity contribution in [2.24, 2.45) is 0 Å². The maximum absolute atomic E-state index is 12.8. The number of thioether (sulfide) groups is 1. The standard InChI is InChI=1S/C21H18Cl3N3O3S/c1-3-30-20(29)17-18(25-19(28)13-5-7-14(22)8-6-13)26-21(31-2)27(17)11-12-4-9-15(23)16(24)10-12/h4-10H,3,11H2,1-2H3,(H,25,28). The number of nitrogens with zero attached hydrogens (tertiary/aromatic N) is 2. The molecule has 0 unspecified atom stereocenters. The molecule has 0 saturated heterocycles. The molecule has 1 N–H and O–H groups in total. The summed E-state index contributed by atoms with van der Waals surface area (Å²) in [5, 5.41) is 4.59. The molecule has 1 amide bonds. The summed E-state index contributed by atoms with van der Waals surface area (Å²) in [6, 6.07) is 11.6. The van der Waals surface area contributed by atoms with Crippen LogP contribution in [0.5, 0.6) is 0 Å². The van der Waals surface area contributed by atoms with E-state index in [1.807, 2.05) is 6.26 Å². The third kappa shape index (κ3) is 5.54. The van der Waals surface area contributed by atoms with Crippen LogP contribution in [0.2, 0.25) is 15.1 Å². The topological polar surface area (TPSA) is 73.2 Å². The van der Waals surface area contributed by atoms with E-state index in [2.05, 4.69) is 10.3 Å². The third-order valence-corrected chi connectivity index (χ3v) is 5.91. The minimum absolute atomic E-state index is 0.114. The van der Waals surface area contributed by atoms with Gasteiger partial charge in [-0.05, 0) is 55.1 Å². The fourth-order valence-electron chi connectivity index (χ4n) is 2.83. The van der Waals surface area contributed by atoms with Crippen molar-refractivity contribution in [1.29, 1.82) is 0 Å². The van der Waals surface area contributed by atoms with Gasteiger partial charge < -0.3 is 14.6 Å². The van der Waals surface area contributed by atoms with Crippen molar-refractivity contribution >= 4 is 64.3 Å². The molecule has 0 spiro atoms. The molecule has 0 aliphatic carbocycles. The molecule has 2 aromatic carbocycles. The van der Waals surface area contributed by atoms with Crippen molar-refractivity contribution in [1.82, 2.24) is 9.55 Å². The van der Waals surface area contributed by atoms with Crippen LogP contribution in [-0.4, -0.2) is 34.3 Å². The van der Waals surface area contributed by atoms with Crippen molar-refractivity contribution in [3.05, 3.63) is 74.4 Å². The predicted molar refractivity (Wildman–Crippen MR) is 125 cm³/mol. The van der Waals surface area contributed by atoms with Crippen LogP contribution in [-0.2, 0) is 11.3 Å². The Morgan fingerprint density at radius 3 is 2.42 bits per heavy atom. The molecular weight excluding hydrogens is 481 g/mol. The van der Waals surface area contributed by atoms with Crippen molar-refractivity contribution in [2.75, 3.05) is 18.2 Å². The van der Waals surface area contributed by atoms with E-state index in [4.69, 9.17) is 39.5 Å². The molecule has 1 heterocycles. The van der Waals surface area contributed by atoms with E-state index in [1.165, 1.54) is 11.8 Å². The quantitative estimate of drug-likeness (QED) is 0.317. The highest BCUT2D eigenvalue weighted by molar-refractivity contribution is 7.98. The van der Waals surface area contributed by atoms with Gasteiger partial charge in [-0.3, -0.25) is 4.79 Å². The van der Waals surface area contributed by atoms with Gasteiger partial charge in [0.2, 0.25) is 0 Å². The zero-order valence-electron chi connectivity index (χ0n) is 16.6. The van der Waals surface area contributed by atoms with Gasteiger partial charge in [-0.15, -0.1) is 0 Å². The van der Waals surface area contributed by atoms with E-state index < -0.39 is 11.9 Å². The lowest BCUT2D eigenvalue weighted by Gasteiger charge is -2.12. The van der Waals surface area contributed by atoms with Gasteiger partial charge in [0.15, 0.2) is 16.7 Å². The summed E-state index contributed by atoms with van der Waals surface area (Å²) >= 11 is 19.4. The zero-order valence-corrected chi connectivity index (χ0v) is 19.7. The minimum Gasteiger partial charge on any atom is -0.461 e. The molecule has 1 aromatic heterocycles. The van der Waals surface area contributed by atoms with Crippen LogP contribution in [0.25, 0.3) is 0 Å². The van der Waals surface area contributed by atoms with Crippen LogP contribution in [0, 0.1) is 0 Å². The number of imidazole rings is 1. The Bertz CT molecular complexity index is 1120. The molecule has 10 heteroatoms. The van der Waals surface area contributed by atoms with Gasteiger partial charge >= 0.3 is 5.97 Å². The second kappa shape index (κ2) is 10.4. The average molecular weight is 499 g/mol. The summed E-state index contributed by atoms with van der Waals surface area (Å²) in [5.74, 6) is -0.904. The summed E-state index contributed by atoms with van der Waals surface area (Å²) in [4.78, 5) is 30.0. The van der Waals surface area contributed by atoms with Gasteiger partial charge in [0, 0.05) is 10.6 Å². The Balaban J connectivity index is 2.02. The Kier molecular flexibility index (Phi) is 7.89. The van der Waals surface area contributed by atoms with E-state index in [0.29, 0.717) is 25.8 Å². The molecule has 31 heavy (non-hydrogen) atoms. The first-order valence-electron chi connectivity index (χ1n) is 9.16. The van der Waals surface area contributed by atoms with Crippen molar-refractivity contribution in [3.63, 3.8) is 0 Å². The Morgan fingerprint density at radius 2 is 1.81 bits per heavy atom. The van der Waals surface area contributed by atoms with Crippen LogP contribution in [0.1, 0.15) is 33.3 Å². The van der Waals surface area contributed by atoms with Crippen LogP contribution in [0.4, 0.5) is 5.82 Å². The Hall–Kier alpha value is -2.19. The van der Waals surface area contributed by atoms with Crippen molar-refractivity contribution in [3.8, 4) is 0 Å². The highest BCUT2D eigenvalue weighted by Crippen LogP contribution is 2.28. The number of esters is 1. The van der Waals surface area contributed by atoms with E-state index in [-0.39, 0.29) is 24.7 Å². The summed E-state index contributed by atoms with van der Waals surface area (Å²) in [5.41, 5.74) is 1.33. The highest BCUT2D eigenvalue weighted by atomic mass is 35.5. The van der Waals surface area contributed by atoms with E-state index >= 15 is 0 Å². The summed E-state index contributed by atoms with van der Waals surface area (Å²) in [6.07, 6.45) is 1.83. The SMILES string of the molecule is CCOC(=O)c1c(NC(=O)c2ccc(Cl)cc2)nc(SC)n1Cc1ccc(Cl)c(Cl)c1. The van der Waals surface area contributed by atoms with Gasteiger partial charge in [0.25, 0.3) is 5.91 Å². The van der Waals surface area contributed by atoms with Gasteiger partial charge in [0.05, 0.1) is 23.2 Å². The molecule has 0 aliphatic rings. The molecule has 0 saturated carbocycles. The van der Waals surface area contributed by atoms with Gasteiger partial charge in [-0.25, -0.2) is 9.78 Å². The fraction of sp³-hybridized carbons (Fsp3) is 0.190. The number of carbonyl (C=O) groups excluding carboxylic acids is 2. The normalized spacial score (nSPS) is 10.7. The highest BCUT2D eigenvalue weighted by Gasteiger charge is 2.26. The number of rotatable bonds is 7. The second-order valence-electron chi connectivity index (χ2n) is 6.31. The molecule has 0 atom stereocenters. The number of halogens is 3. The summed E-state index contributed by atoms with van der Waals surface area (Å²) < 4.78 is 6.91. The van der Waals surface area contributed by atoms with Crippen LogP contribution in [0.15, 0.2) is 47.6 Å². The molecule has 0 radical (unpaired) electrons. The summed E-state index contributed by atoms with van der Waals surface area (Å²) in [7, 11) is 0. The van der Waals surface area contributed by atoms with E-state index in [9.17, 15) is 9.59 Å². The first-order chi connectivity index (χ1) is 14.8.